The highest BCUT2D eigenvalue weighted by Gasteiger charge is 2.45. The highest BCUT2D eigenvalue weighted by Crippen LogP contribution is 2.38. The van der Waals surface area contributed by atoms with Crippen molar-refractivity contribution in [1.29, 1.82) is 0 Å². The highest BCUT2D eigenvalue weighted by molar-refractivity contribution is 5.49. The smallest absolute Gasteiger partial charge is 0.213 e. The van der Waals surface area contributed by atoms with Gasteiger partial charge in [0.05, 0.1) is 6.04 Å². The molecule has 0 aromatic carbocycles. The molecular formula is C13H16N2O2. The van der Waals surface area contributed by atoms with Gasteiger partial charge < -0.3 is 9.64 Å². The first-order chi connectivity index (χ1) is 8.26. The number of piperidine rings is 1. The van der Waals surface area contributed by atoms with Crippen molar-refractivity contribution in [3.63, 3.8) is 0 Å². The van der Waals surface area contributed by atoms with Crippen LogP contribution in [0.25, 0.3) is 0 Å². The molecule has 3 rings (SSSR count). The summed E-state index contributed by atoms with van der Waals surface area (Å²) < 4.78 is 5.88. The fourth-order valence-corrected chi connectivity index (χ4v) is 2.93. The van der Waals surface area contributed by atoms with Crippen molar-refractivity contribution in [1.82, 2.24) is 9.88 Å². The monoisotopic (exact) mass is 232 g/mol. The number of hydrogen-bond donors (Lipinski definition) is 0. The van der Waals surface area contributed by atoms with Gasteiger partial charge in [0.1, 0.15) is 6.10 Å². The Labute approximate surface area is 101 Å². The van der Waals surface area contributed by atoms with Crippen molar-refractivity contribution in [3.8, 4) is 5.88 Å². The third-order valence-corrected chi connectivity index (χ3v) is 3.76. The molecule has 1 aromatic heterocycles. The molecule has 0 spiro atoms. The van der Waals surface area contributed by atoms with Crippen LogP contribution in [0.15, 0.2) is 18.3 Å². The molecule has 0 radical (unpaired) electrons. The summed E-state index contributed by atoms with van der Waals surface area (Å²) in [6.45, 7) is 2.90. The van der Waals surface area contributed by atoms with Crippen molar-refractivity contribution >= 4 is 6.41 Å². The summed E-state index contributed by atoms with van der Waals surface area (Å²) in [5, 5.41) is 0. The number of pyridine rings is 1. The highest BCUT2D eigenvalue weighted by atomic mass is 16.5. The zero-order chi connectivity index (χ0) is 11.8. The van der Waals surface area contributed by atoms with E-state index in [0.29, 0.717) is 11.8 Å². The molecule has 1 aliphatic heterocycles. The number of ether oxygens (including phenoxy) is 1. The lowest BCUT2D eigenvalue weighted by Gasteiger charge is -2.30. The van der Waals surface area contributed by atoms with Crippen molar-refractivity contribution in [2.45, 2.75) is 31.9 Å². The summed E-state index contributed by atoms with van der Waals surface area (Å²) in [6, 6.07) is 4.14. The maximum absolute atomic E-state index is 10.9. The van der Waals surface area contributed by atoms with Crippen LogP contribution in [-0.4, -0.2) is 35.0 Å². The van der Waals surface area contributed by atoms with E-state index in [1.807, 2.05) is 24.0 Å². The molecule has 3 atom stereocenters. The van der Waals surface area contributed by atoms with Crippen LogP contribution in [0.2, 0.25) is 0 Å². The minimum atomic E-state index is 0.120. The molecule has 1 saturated carbocycles. The number of carbonyl (C=O) groups excluding carboxylic acids is 1. The first-order valence-corrected chi connectivity index (χ1v) is 6.06. The number of amides is 1. The SMILES string of the molecule is Cc1ccc(O[C@@H]2C[C@H]3C[C@@H]2N(C=O)C3)nc1. The normalized spacial score (nSPS) is 30.6. The van der Waals surface area contributed by atoms with Crippen LogP contribution in [0.4, 0.5) is 0 Å². The minimum absolute atomic E-state index is 0.120. The minimum Gasteiger partial charge on any atom is -0.472 e. The lowest BCUT2D eigenvalue weighted by atomic mass is 10.1. The van der Waals surface area contributed by atoms with Gasteiger partial charge in [-0.2, -0.15) is 0 Å². The van der Waals surface area contributed by atoms with Gasteiger partial charge in [0, 0.05) is 18.8 Å². The van der Waals surface area contributed by atoms with Crippen LogP contribution in [0.3, 0.4) is 0 Å². The van der Waals surface area contributed by atoms with Gasteiger partial charge in [0.25, 0.3) is 0 Å². The number of likely N-dealkylation sites (tertiary alicyclic amines) is 1. The van der Waals surface area contributed by atoms with Crippen LogP contribution in [0, 0.1) is 12.8 Å². The summed E-state index contributed by atoms with van der Waals surface area (Å²) in [5.74, 6) is 1.28. The van der Waals surface area contributed by atoms with Crippen molar-refractivity contribution in [3.05, 3.63) is 23.9 Å². The van der Waals surface area contributed by atoms with E-state index >= 15 is 0 Å². The van der Waals surface area contributed by atoms with Gasteiger partial charge in [-0.05, 0) is 31.2 Å². The zero-order valence-corrected chi connectivity index (χ0v) is 9.87. The van der Waals surface area contributed by atoms with Gasteiger partial charge in [-0.15, -0.1) is 0 Å². The van der Waals surface area contributed by atoms with Crippen LogP contribution in [0.1, 0.15) is 18.4 Å². The molecule has 1 amide bonds. The molecule has 1 saturated heterocycles. The van der Waals surface area contributed by atoms with Gasteiger partial charge >= 0.3 is 0 Å². The maximum atomic E-state index is 10.9. The molecule has 4 nitrogen and oxygen atoms in total. The topological polar surface area (TPSA) is 42.4 Å². The lowest BCUT2D eigenvalue weighted by molar-refractivity contribution is -0.121. The second kappa shape index (κ2) is 4.02. The Kier molecular flexibility index (Phi) is 2.50. The van der Waals surface area contributed by atoms with E-state index in [0.717, 1.165) is 31.4 Å². The Bertz CT molecular complexity index is 418. The molecule has 2 aliphatic rings. The molecule has 2 bridgehead atoms. The number of rotatable bonds is 3. The summed E-state index contributed by atoms with van der Waals surface area (Å²) in [4.78, 5) is 17.0. The largest absolute Gasteiger partial charge is 0.472 e. The maximum Gasteiger partial charge on any atom is 0.213 e. The number of carbonyl (C=O) groups is 1. The molecule has 2 heterocycles. The predicted octanol–water partition coefficient (Wildman–Crippen LogP) is 1.39. The van der Waals surface area contributed by atoms with Gasteiger partial charge in [0.15, 0.2) is 0 Å². The van der Waals surface area contributed by atoms with E-state index in [4.69, 9.17) is 4.74 Å². The molecule has 2 fully saturated rings. The van der Waals surface area contributed by atoms with Gasteiger partial charge in [-0.3, -0.25) is 4.79 Å². The fourth-order valence-electron chi connectivity index (χ4n) is 2.93. The predicted molar refractivity (Wildman–Crippen MR) is 62.7 cm³/mol. The van der Waals surface area contributed by atoms with Gasteiger partial charge in [0.2, 0.25) is 12.3 Å². The standard InChI is InChI=1S/C13H16N2O2/c1-9-2-3-13(14-6-9)17-12-5-10-4-11(12)15(7-10)8-16/h2-3,6,8,10-12H,4-5,7H2,1H3/t10-,11+,12-/m1/s1. The van der Waals surface area contributed by atoms with Crippen molar-refractivity contribution in [2.75, 3.05) is 6.54 Å². The number of fused-ring (bicyclic) bond motifs is 2. The number of nitrogens with zero attached hydrogens (tertiary/aromatic N) is 2. The first-order valence-electron chi connectivity index (χ1n) is 6.06. The lowest BCUT2D eigenvalue weighted by Crippen LogP contribution is -2.43. The summed E-state index contributed by atoms with van der Waals surface area (Å²) >= 11 is 0. The first kappa shape index (κ1) is 10.6. The van der Waals surface area contributed by atoms with E-state index in [1.54, 1.807) is 6.20 Å². The van der Waals surface area contributed by atoms with Crippen LogP contribution >= 0.6 is 0 Å². The summed E-state index contributed by atoms with van der Waals surface area (Å²) in [5.41, 5.74) is 1.12. The van der Waals surface area contributed by atoms with Gasteiger partial charge in [-0.1, -0.05) is 6.07 Å². The number of aryl methyl sites for hydroxylation is 1. The van der Waals surface area contributed by atoms with E-state index in [9.17, 15) is 4.79 Å². The molecule has 1 aromatic rings. The Morgan fingerprint density at radius 2 is 2.35 bits per heavy atom. The molecule has 90 valence electrons. The fraction of sp³-hybridized carbons (Fsp3) is 0.538. The quantitative estimate of drug-likeness (QED) is 0.739. The molecule has 17 heavy (non-hydrogen) atoms. The third kappa shape index (κ3) is 1.88. The van der Waals surface area contributed by atoms with E-state index in [2.05, 4.69) is 4.98 Å². The second-order valence-corrected chi connectivity index (χ2v) is 5.04. The zero-order valence-electron chi connectivity index (χ0n) is 9.87. The summed E-state index contributed by atoms with van der Waals surface area (Å²) in [6.07, 6.45) is 5.00. The van der Waals surface area contributed by atoms with Crippen LogP contribution in [0.5, 0.6) is 5.88 Å². The Hall–Kier alpha value is -1.58. The average Bonchev–Trinajstić information content (AvgIpc) is 2.91. The molecule has 0 unspecified atom stereocenters. The van der Waals surface area contributed by atoms with Crippen molar-refractivity contribution < 1.29 is 9.53 Å². The van der Waals surface area contributed by atoms with E-state index in [-0.39, 0.29) is 12.1 Å². The van der Waals surface area contributed by atoms with Crippen LogP contribution < -0.4 is 4.74 Å². The van der Waals surface area contributed by atoms with Crippen LogP contribution in [-0.2, 0) is 4.79 Å². The molecular weight excluding hydrogens is 216 g/mol. The summed E-state index contributed by atoms with van der Waals surface area (Å²) in [7, 11) is 0. The second-order valence-electron chi connectivity index (χ2n) is 5.04. The Morgan fingerprint density at radius 3 is 3.00 bits per heavy atom. The third-order valence-electron chi connectivity index (χ3n) is 3.76. The molecule has 4 heteroatoms. The van der Waals surface area contributed by atoms with Gasteiger partial charge in [-0.25, -0.2) is 4.98 Å². The number of hydrogen-bond acceptors (Lipinski definition) is 3. The molecule has 1 aliphatic carbocycles. The Morgan fingerprint density at radius 1 is 1.47 bits per heavy atom. The van der Waals surface area contributed by atoms with E-state index < -0.39 is 0 Å². The number of aromatic nitrogens is 1. The Balaban J connectivity index is 1.70. The average molecular weight is 232 g/mol. The van der Waals surface area contributed by atoms with E-state index in [1.165, 1.54) is 0 Å². The van der Waals surface area contributed by atoms with Crippen molar-refractivity contribution in [2.24, 2.45) is 5.92 Å². The molecule has 0 N–H and O–H groups in total.